The highest BCUT2D eigenvalue weighted by atomic mass is 16.1. The zero-order chi connectivity index (χ0) is 19.6. The third-order valence-corrected chi connectivity index (χ3v) is 4.56. The van der Waals surface area contributed by atoms with Crippen molar-refractivity contribution in [2.75, 3.05) is 17.2 Å². The van der Waals surface area contributed by atoms with Crippen LogP contribution in [0.15, 0.2) is 72.8 Å². The first-order valence-corrected chi connectivity index (χ1v) is 9.73. The van der Waals surface area contributed by atoms with E-state index in [2.05, 4.69) is 52.0 Å². The summed E-state index contributed by atoms with van der Waals surface area (Å²) in [5.74, 6) is 1.09. The molecule has 3 aromatic rings. The number of aromatic nitrogens is 2. The Morgan fingerprint density at radius 2 is 1.43 bits per heavy atom. The normalized spacial score (nSPS) is 10.6. The average molecular weight is 374 g/mol. The molecule has 0 aliphatic rings. The van der Waals surface area contributed by atoms with Crippen molar-refractivity contribution in [1.29, 1.82) is 0 Å². The number of nitrogens with one attached hydrogen (secondary N) is 2. The molecular formula is C23H26N4O. The zero-order valence-electron chi connectivity index (χ0n) is 16.1. The molecule has 2 N–H and O–H groups in total. The summed E-state index contributed by atoms with van der Waals surface area (Å²) in [6.07, 6.45) is 2.55. The number of nitrogens with zero attached hydrogens (tertiary/aromatic N) is 2. The molecule has 0 saturated heterocycles. The first-order chi connectivity index (χ1) is 13.8. The van der Waals surface area contributed by atoms with E-state index in [0.717, 1.165) is 36.3 Å². The van der Waals surface area contributed by atoms with Gasteiger partial charge in [0, 0.05) is 18.9 Å². The maximum atomic E-state index is 12.7. The van der Waals surface area contributed by atoms with Crippen molar-refractivity contribution in [2.24, 2.45) is 0 Å². The summed E-state index contributed by atoms with van der Waals surface area (Å²) >= 11 is 0. The second kappa shape index (κ2) is 10.2. The summed E-state index contributed by atoms with van der Waals surface area (Å²) in [6, 6.07) is 23.8. The second-order valence-corrected chi connectivity index (χ2v) is 6.71. The van der Waals surface area contributed by atoms with Gasteiger partial charge in [0.1, 0.15) is 5.82 Å². The summed E-state index contributed by atoms with van der Waals surface area (Å²) in [7, 11) is 0. The topological polar surface area (TPSA) is 66.9 Å². The van der Waals surface area contributed by atoms with E-state index in [4.69, 9.17) is 0 Å². The summed E-state index contributed by atoms with van der Waals surface area (Å²) < 4.78 is 0. The summed E-state index contributed by atoms with van der Waals surface area (Å²) in [5.41, 5.74) is 2.23. The van der Waals surface area contributed by atoms with Crippen LogP contribution < -0.4 is 10.6 Å². The van der Waals surface area contributed by atoms with Gasteiger partial charge in [0.05, 0.1) is 0 Å². The molecule has 1 aromatic heterocycles. The molecule has 28 heavy (non-hydrogen) atoms. The van der Waals surface area contributed by atoms with E-state index in [1.165, 1.54) is 0 Å². The standard InChI is InChI=1S/C23H26N4O/c1-2-3-16-24-21-14-15-22(27-26-21)25-23(28)17-20(18-10-6-4-7-11-18)19-12-8-5-9-13-19/h4-15,20H,2-3,16-17H2,1H3,(H,24,26)(H,25,27,28). The van der Waals surface area contributed by atoms with Crippen LogP contribution in [0, 0.1) is 0 Å². The Morgan fingerprint density at radius 1 is 0.857 bits per heavy atom. The minimum absolute atomic E-state index is 0.00894. The van der Waals surface area contributed by atoms with Gasteiger partial charge in [0.25, 0.3) is 0 Å². The number of hydrogen-bond donors (Lipinski definition) is 2. The molecule has 0 saturated carbocycles. The molecular weight excluding hydrogens is 348 g/mol. The highest BCUT2D eigenvalue weighted by Crippen LogP contribution is 2.28. The molecule has 0 aliphatic heterocycles. The van der Waals surface area contributed by atoms with Gasteiger partial charge in [-0.25, -0.2) is 0 Å². The van der Waals surface area contributed by atoms with Gasteiger partial charge in [0.15, 0.2) is 5.82 Å². The second-order valence-electron chi connectivity index (χ2n) is 6.71. The van der Waals surface area contributed by atoms with E-state index >= 15 is 0 Å². The number of amides is 1. The Bertz CT molecular complexity index is 811. The fraction of sp³-hybridized carbons (Fsp3) is 0.261. The lowest BCUT2D eigenvalue weighted by molar-refractivity contribution is -0.116. The van der Waals surface area contributed by atoms with Gasteiger partial charge in [-0.1, -0.05) is 74.0 Å². The van der Waals surface area contributed by atoms with Gasteiger partial charge in [-0.2, -0.15) is 0 Å². The van der Waals surface area contributed by atoms with Crippen LogP contribution in [0.2, 0.25) is 0 Å². The molecule has 0 unspecified atom stereocenters. The number of benzene rings is 2. The van der Waals surface area contributed by atoms with E-state index in [1.54, 1.807) is 6.07 Å². The Hall–Kier alpha value is -3.21. The molecule has 0 fully saturated rings. The molecule has 0 atom stereocenters. The molecule has 5 nitrogen and oxygen atoms in total. The number of hydrogen-bond acceptors (Lipinski definition) is 4. The lowest BCUT2D eigenvalue weighted by atomic mass is 9.88. The minimum atomic E-state index is -0.0845. The van der Waals surface area contributed by atoms with Crippen molar-refractivity contribution >= 4 is 17.5 Å². The van der Waals surface area contributed by atoms with Gasteiger partial charge in [-0.3, -0.25) is 4.79 Å². The van der Waals surface area contributed by atoms with Crippen molar-refractivity contribution in [3.8, 4) is 0 Å². The molecule has 0 bridgehead atoms. The Kier molecular flexibility index (Phi) is 7.13. The van der Waals surface area contributed by atoms with Gasteiger partial charge < -0.3 is 10.6 Å². The van der Waals surface area contributed by atoms with Crippen LogP contribution >= 0.6 is 0 Å². The van der Waals surface area contributed by atoms with E-state index in [1.807, 2.05) is 42.5 Å². The average Bonchev–Trinajstić information content (AvgIpc) is 2.75. The Balaban J connectivity index is 1.66. The maximum Gasteiger partial charge on any atom is 0.226 e. The SMILES string of the molecule is CCCCNc1ccc(NC(=O)CC(c2ccccc2)c2ccccc2)nn1. The number of carbonyl (C=O) groups is 1. The van der Waals surface area contributed by atoms with Crippen molar-refractivity contribution in [1.82, 2.24) is 10.2 Å². The van der Waals surface area contributed by atoms with Gasteiger partial charge in [-0.15, -0.1) is 10.2 Å². The third-order valence-electron chi connectivity index (χ3n) is 4.56. The van der Waals surface area contributed by atoms with E-state index in [0.29, 0.717) is 12.2 Å². The summed E-state index contributed by atoms with van der Waals surface area (Å²) in [6.45, 7) is 3.01. The van der Waals surface area contributed by atoms with Gasteiger partial charge in [-0.05, 0) is 29.7 Å². The molecule has 0 radical (unpaired) electrons. The van der Waals surface area contributed by atoms with E-state index in [-0.39, 0.29) is 11.8 Å². The lowest BCUT2D eigenvalue weighted by Crippen LogP contribution is -2.17. The first-order valence-electron chi connectivity index (χ1n) is 9.73. The molecule has 1 heterocycles. The number of carbonyl (C=O) groups excluding carboxylic acids is 1. The monoisotopic (exact) mass is 374 g/mol. The van der Waals surface area contributed by atoms with Crippen LogP contribution in [0.3, 0.4) is 0 Å². The summed E-state index contributed by atoms with van der Waals surface area (Å²) in [4.78, 5) is 12.7. The fourth-order valence-electron chi connectivity index (χ4n) is 3.06. The molecule has 2 aromatic carbocycles. The maximum absolute atomic E-state index is 12.7. The molecule has 5 heteroatoms. The third kappa shape index (κ3) is 5.64. The van der Waals surface area contributed by atoms with Crippen LogP contribution in [0.1, 0.15) is 43.2 Å². The predicted octanol–water partition coefficient (Wildman–Crippen LogP) is 4.85. The highest BCUT2D eigenvalue weighted by Gasteiger charge is 2.18. The lowest BCUT2D eigenvalue weighted by Gasteiger charge is -2.17. The van der Waals surface area contributed by atoms with Crippen LogP contribution in [0.4, 0.5) is 11.6 Å². The van der Waals surface area contributed by atoms with Crippen molar-refractivity contribution in [3.05, 3.63) is 83.9 Å². The molecule has 0 spiro atoms. The highest BCUT2D eigenvalue weighted by molar-refractivity contribution is 5.90. The number of rotatable bonds is 9. The van der Waals surface area contributed by atoms with Crippen molar-refractivity contribution < 1.29 is 4.79 Å². The molecule has 1 amide bonds. The number of anilines is 2. The van der Waals surface area contributed by atoms with Crippen molar-refractivity contribution in [3.63, 3.8) is 0 Å². The van der Waals surface area contributed by atoms with Gasteiger partial charge in [0.2, 0.25) is 5.91 Å². The minimum Gasteiger partial charge on any atom is -0.369 e. The molecule has 3 rings (SSSR count). The van der Waals surface area contributed by atoms with Crippen LogP contribution in [-0.2, 0) is 4.79 Å². The van der Waals surface area contributed by atoms with Gasteiger partial charge >= 0.3 is 0 Å². The molecule has 0 aliphatic carbocycles. The first kappa shape index (κ1) is 19.5. The zero-order valence-corrected chi connectivity index (χ0v) is 16.1. The van der Waals surface area contributed by atoms with Crippen LogP contribution in [0.25, 0.3) is 0 Å². The quantitative estimate of drug-likeness (QED) is 0.526. The Morgan fingerprint density at radius 3 is 1.96 bits per heavy atom. The van der Waals surface area contributed by atoms with Crippen LogP contribution in [-0.4, -0.2) is 22.6 Å². The largest absolute Gasteiger partial charge is 0.369 e. The molecule has 144 valence electrons. The van der Waals surface area contributed by atoms with Crippen molar-refractivity contribution in [2.45, 2.75) is 32.1 Å². The number of unbranched alkanes of at least 4 members (excludes halogenated alkanes) is 1. The van der Waals surface area contributed by atoms with E-state index in [9.17, 15) is 4.79 Å². The Labute approximate surface area is 166 Å². The fourth-order valence-corrected chi connectivity index (χ4v) is 3.06. The summed E-state index contributed by atoms with van der Waals surface area (Å²) in [5, 5.41) is 14.3. The van der Waals surface area contributed by atoms with E-state index < -0.39 is 0 Å². The predicted molar refractivity (Wildman–Crippen MR) is 113 cm³/mol. The van der Waals surface area contributed by atoms with Crippen LogP contribution in [0.5, 0.6) is 0 Å². The smallest absolute Gasteiger partial charge is 0.226 e.